The number of rotatable bonds is 4. The lowest BCUT2D eigenvalue weighted by Crippen LogP contribution is -2.49. The van der Waals surface area contributed by atoms with Gasteiger partial charge in [0.05, 0.1) is 16.8 Å². The van der Waals surface area contributed by atoms with Gasteiger partial charge in [-0.1, -0.05) is 0 Å². The number of thioether (sulfide) groups is 1. The zero-order valence-corrected chi connectivity index (χ0v) is 12.7. The Kier molecular flexibility index (Phi) is 4.99. The van der Waals surface area contributed by atoms with Crippen LogP contribution in [-0.4, -0.2) is 45.4 Å². The molecular weight excluding hydrogens is 308 g/mol. The van der Waals surface area contributed by atoms with E-state index in [0.29, 0.717) is 17.3 Å². The van der Waals surface area contributed by atoms with Crippen molar-refractivity contribution in [1.82, 2.24) is 4.90 Å². The number of nitro groups is 1. The van der Waals surface area contributed by atoms with E-state index in [9.17, 15) is 19.7 Å². The highest BCUT2D eigenvalue weighted by Crippen LogP contribution is 2.23. The lowest BCUT2D eigenvalue weighted by Gasteiger charge is -2.24. The summed E-state index contributed by atoms with van der Waals surface area (Å²) in [5.41, 5.74) is 5.97. The third kappa shape index (κ3) is 3.55. The van der Waals surface area contributed by atoms with Gasteiger partial charge in [0, 0.05) is 23.6 Å². The number of carbonyl (C=O) groups excluding carboxylic acids is 2. The number of carbonyl (C=O) groups is 2. The van der Waals surface area contributed by atoms with Gasteiger partial charge >= 0.3 is 0 Å². The van der Waals surface area contributed by atoms with Gasteiger partial charge in [0.25, 0.3) is 5.69 Å². The lowest BCUT2D eigenvalue weighted by atomic mass is 10.2. The Bertz CT molecular complexity index is 590. The van der Waals surface area contributed by atoms with E-state index in [2.05, 4.69) is 5.32 Å². The smallest absolute Gasteiger partial charge is 0.269 e. The van der Waals surface area contributed by atoms with Crippen molar-refractivity contribution in [2.45, 2.75) is 19.0 Å². The average Bonchev–Trinajstić information content (AvgIpc) is 2.96. The zero-order chi connectivity index (χ0) is 16.3. The predicted octanol–water partition coefficient (Wildman–Crippen LogP) is 0.782. The number of nitrogens with two attached hydrogens (primary N) is 1. The fourth-order valence-electron chi connectivity index (χ4n) is 2.03. The van der Waals surface area contributed by atoms with Gasteiger partial charge in [-0.2, -0.15) is 0 Å². The SMILES string of the molecule is C[C@H](N)C(=O)N1CSC[C@H]1C(=O)Nc1ccc([N+](=O)[O-])cc1. The second-order valence-corrected chi connectivity index (χ2v) is 5.91. The van der Waals surface area contributed by atoms with Gasteiger partial charge in [-0.05, 0) is 19.1 Å². The summed E-state index contributed by atoms with van der Waals surface area (Å²) in [6, 6.07) is 4.28. The number of nitrogens with zero attached hydrogens (tertiary/aromatic N) is 2. The highest BCUT2D eigenvalue weighted by Gasteiger charge is 2.35. The Morgan fingerprint density at radius 3 is 2.64 bits per heavy atom. The minimum Gasteiger partial charge on any atom is -0.324 e. The molecule has 8 nitrogen and oxygen atoms in total. The van der Waals surface area contributed by atoms with E-state index in [-0.39, 0.29) is 17.5 Å². The molecule has 1 aromatic carbocycles. The van der Waals surface area contributed by atoms with E-state index in [1.165, 1.54) is 40.9 Å². The summed E-state index contributed by atoms with van der Waals surface area (Å²) in [5, 5.41) is 13.2. The summed E-state index contributed by atoms with van der Waals surface area (Å²) in [4.78, 5) is 35.8. The van der Waals surface area contributed by atoms with Gasteiger partial charge < -0.3 is 16.0 Å². The molecule has 1 aromatic rings. The maximum absolute atomic E-state index is 12.3. The Balaban J connectivity index is 2.05. The Morgan fingerprint density at radius 2 is 2.09 bits per heavy atom. The number of anilines is 1. The lowest BCUT2D eigenvalue weighted by molar-refractivity contribution is -0.384. The van der Waals surface area contributed by atoms with E-state index >= 15 is 0 Å². The minimum absolute atomic E-state index is 0.0526. The number of benzene rings is 1. The summed E-state index contributed by atoms with van der Waals surface area (Å²) in [6.07, 6.45) is 0. The number of non-ortho nitro benzene ring substituents is 1. The average molecular weight is 324 g/mol. The van der Waals surface area contributed by atoms with Crippen molar-refractivity contribution in [3.05, 3.63) is 34.4 Å². The standard InChI is InChI=1S/C13H16N4O4S/c1-8(14)13(19)16-7-22-6-11(16)12(18)15-9-2-4-10(5-3-9)17(20)21/h2-5,8,11H,6-7,14H2,1H3,(H,15,18)/t8-,11-/m0/s1. The molecule has 1 aliphatic rings. The van der Waals surface area contributed by atoms with Crippen molar-refractivity contribution in [1.29, 1.82) is 0 Å². The number of hydrogen-bond donors (Lipinski definition) is 2. The topological polar surface area (TPSA) is 119 Å². The monoisotopic (exact) mass is 324 g/mol. The molecule has 1 fully saturated rings. The van der Waals surface area contributed by atoms with Gasteiger partial charge in [-0.3, -0.25) is 19.7 Å². The largest absolute Gasteiger partial charge is 0.324 e. The molecule has 0 saturated carbocycles. The van der Waals surface area contributed by atoms with Crippen LogP contribution in [0.5, 0.6) is 0 Å². The first-order valence-corrected chi connectivity index (χ1v) is 7.74. The van der Waals surface area contributed by atoms with E-state index in [4.69, 9.17) is 5.73 Å². The first-order valence-electron chi connectivity index (χ1n) is 6.59. The molecule has 22 heavy (non-hydrogen) atoms. The van der Waals surface area contributed by atoms with Crippen molar-refractivity contribution in [3.63, 3.8) is 0 Å². The molecule has 1 aliphatic heterocycles. The van der Waals surface area contributed by atoms with Crippen LogP contribution in [0, 0.1) is 10.1 Å². The molecule has 1 saturated heterocycles. The Morgan fingerprint density at radius 1 is 1.45 bits per heavy atom. The molecule has 0 radical (unpaired) electrons. The molecule has 0 spiro atoms. The van der Waals surface area contributed by atoms with Gasteiger partial charge in [0.1, 0.15) is 6.04 Å². The maximum atomic E-state index is 12.3. The van der Waals surface area contributed by atoms with Crippen molar-refractivity contribution in [2.75, 3.05) is 16.9 Å². The molecule has 3 N–H and O–H groups in total. The quantitative estimate of drug-likeness (QED) is 0.624. The Labute approximate surface area is 131 Å². The molecule has 2 rings (SSSR count). The molecule has 1 heterocycles. The Hall–Kier alpha value is -2.13. The fourth-order valence-corrected chi connectivity index (χ4v) is 3.19. The first-order chi connectivity index (χ1) is 10.4. The van der Waals surface area contributed by atoms with Crippen LogP contribution in [0.2, 0.25) is 0 Å². The molecule has 0 unspecified atom stereocenters. The fraction of sp³-hybridized carbons (Fsp3) is 0.385. The van der Waals surface area contributed by atoms with Crippen LogP contribution in [0.15, 0.2) is 24.3 Å². The summed E-state index contributed by atoms with van der Waals surface area (Å²) < 4.78 is 0. The van der Waals surface area contributed by atoms with Crippen LogP contribution in [0.4, 0.5) is 11.4 Å². The van der Waals surface area contributed by atoms with Crippen LogP contribution >= 0.6 is 11.8 Å². The summed E-state index contributed by atoms with van der Waals surface area (Å²) in [7, 11) is 0. The zero-order valence-electron chi connectivity index (χ0n) is 11.9. The third-order valence-corrected chi connectivity index (χ3v) is 4.22. The molecule has 0 aliphatic carbocycles. The molecule has 9 heteroatoms. The van der Waals surface area contributed by atoms with E-state index in [1.54, 1.807) is 6.92 Å². The van der Waals surface area contributed by atoms with Crippen LogP contribution in [0.3, 0.4) is 0 Å². The molecule has 0 aromatic heterocycles. The molecule has 118 valence electrons. The predicted molar refractivity (Wildman–Crippen MR) is 83.3 cm³/mol. The normalized spacial score (nSPS) is 18.8. The minimum atomic E-state index is -0.659. The van der Waals surface area contributed by atoms with Gasteiger partial charge in [0.2, 0.25) is 11.8 Å². The van der Waals surface area contributed by atoms with Crippen LogP contribution in [0.1, 0.15) is 6.92 Å². The second-order valence-electron chi connectivity index (χ2n) is 4.91. The van der Waals surface area contributed by atoms with Gasteiger partial charge in [0.15, 0.2) is 0 Å². The highest BCUT2D eigenvalue weighted by molar-refractivity contribution is 7.99. The van der Waals surface area contributed by atoms with Crippen molar-refractivity contribution in [2.24, 2.45) is 5.73 Å². The molecule has 0 bridgehead atoms. The maximum Gasteiger partial charge on any atom is 0.269 e. The third-order valence-electron chi connectivity index (χ3n) is 3.20. The second kappa shape index (κ2) is 6.75. The van der Waals surface area contributed by atoms with E-state index < -0.39 is 17.0 Å². The summed E-state index contributed by atoms with van der Waals surface area (Å²) in [5.74, 6) is 0.331. The van der Waals surface area contributed by atoms with Gasteiger partial charge in [-0.25, -0.2) is 0 Å². The molecule has 2 amide bonds. The number of nitrogens with one attached hydrogen (secondary N) is 1. The molecular formula is C13H16N4O4S. The van der Waals surface area contributed by atoms with Crippen molar-refractivity contribution >= 4 is 35.0 Å². The van der Waals surface area contributed by atoms with Gasteiger partial charge in [-0.15, -0.1) is 11.8 Å². The number of hydrogen-bond acceptors (Lipinski definition) is 6. The van der Waals surface area contributed by atoms with Crippen molar-refractivity contribution < 1.29 is 14.5 Å². The van der Waals surface area contributed by atoms with E-state index in [1.807, 2.05) is 0 Å². The van der Waals surface area contributed by atoms with Crippen LogP contribution in [-0.2, 0) is 9.59 Å². The highest BCUT2D eigenvalue weighted by atomic mass is 32.2. The molecule has 2 atom stereocenters. The van der Waals surface area contributed by atoms with E-state index in [0.717, 1.165) is 0 Å². The van der Waals surface area contributed by atoms with Crippen LogP contribution in [0.25, 0.3) is 0 Å². The van der Waals surface area contributed by atoms with Crippen molar-refractivity contribution in [3.8, 4) is 0 Å². The summed E-state index contributed by atoms with van der Waals surface area (Å²) in [6.45, 7) is 1.58. The first kappa shape index (κ1) is 16.2. The number of amides is 2. The van der Waals surface area contributed by atoms with Crippen LogP contribution < -0.4 is 11.1 Å². The summed E-state index contributed by atoms with van der Waals surface area (Å²) >= 11 is 1.48. The number of nitro benzene ring substituents is 1.